The first-order valence-corrected chi connectivity index (χ1v) is 9.54. The smallest absolute Gasteiger partial charge is 0.265 e. The van der Waals surface area contributed by atoms with E-state index in [1.54, 1.807) is 0 Å². The zero-order valence-corrected chi connectivity index (χ0v) is 16.3. The fourth-order valence-electron chi connectivity index (χ4n) is 3.11. The Balaban J connectivity index is 1.63. The molecule has 1 saturated heterocycles. The van der Waals surface area contributed by atoms with Crippen molar-refractivity contribution in [1.29, 1.82) is 0 Å². The number of ether oxygens (including phenoxy) is 2. The van der Waals surface area contributed by atoms with Crippen molar-refractivity contribution in [1.82, 2.24) is 0 Å². The monoisotopic (exact) mass is 368 g/mol. The van der Waals surface area contributed by atoms with E-state index in [1.807, 2.05) is 63.2 Å². The van der Waals surface area contributed by atoms with Crippen LogP contribution in [0, 0.1) is 13.8 Å². The Labute approximate surface area is 161 Å². The van der Waals surface area contributed by atoms with Crippen LogP contribution in [0.3, 0.4) is 0 Å². The first-order valence-electron chi connectivity index (χ1n) is 9.54. The Morgan fingerprint density at radius 1 is 1.15 bits per heavy atom. The van der Waals surface area contributed by atoms with Gasteiger partial charge in [0.05, 0.1) is 13.2 Å². The van der Waals surface area contributed by atoms with Crippen molar-refractivity contribution >= 4 is 17.3 Å². The Bertz CT molecular complexity index is 768. The van der Waals surface area contributed by atoms with Gasteiger partial charge in [-0.25, -0.2) is 0 Å². The number of amides is 1. The van der Waals surface area contributed by atoms with Crippen molar-refractivity contribution in [3.63, 3.8) is 0 Å². The first kappa shape index (κ1) is 19.2. The summed E-state index contributed by atoms with van der Waals surface area (Å²) < 4.78 is 11.4. The average molecular weight is 368 g/mol. The SMILES string of the molecule is CCC(Oc1cc(C)ccc1C)C(=O)Nc1ccc(N2CCOCC2)cc1. The van der Waals surface area contributed by atoms with Crippen molar-refractivity contribution in [2.24, 2.45) is 0 Å². The van der Waals surface area contributed by atoms with E-state index in [9.17, 15) is 4.79 Å². The van der Waals surface area contributed by atoms with E-state index < -0.39 is 6.10 Å². The molecule has 2 aromatic carbocycles. The van der Waals surface area contributed by atoms with Gasteiger partial charge in [0, 0.05) is 24.5 Å². The third-order valence-corrected chi connectivity index (χ3v) is 4.79. The minimum atomic E-state index is -0.524. The van der Waals surface area contributed by atoms with Gasteiger partial charge in [-0.3, -0.25) is 4.79 Å². The number of hydrogen-bond acceptors (Lipinski definition) is 4. The molecule has 1 N–H and O–H groups in total. The van der Waals surface area contributed by atoms with Gasteiger partial charge < -0.3 is 19.7 Å². The van der Waals surface area contributed by atoms with Gasteiger partial charge in [0.1, 0.15) is 5.75 Å². The molecule has 5 nitrogen and oxygen atoms in total. The van der Waals surface area contributed by atoms with Crippen LogP contribution in [0.15, 0.2) is 42.5 Å². The van der Waals surface area contributed by atoms with Gasteiger partial charge in [0.15, 0.2) is 6.10 Å². The Kier molecular flexibility index (Phi) is 6.35. The molecule has 1 atom stereocenters. The Morgan fingerprint density at radius 3 is 2.52 bits per heavy atom. The summed E-state index contributed by atoms with van der Waals surface area (Å²) in [6.45, 7) is 9.27. The molecule has 3 rings (SSSR count). The van der Waals surface area contributed by atoms with Gasteiger partial charge in [-0.2, -0.15) is 0 Å². The summed E-state index contributed by atoms with van der Waals surface area (Å²) in [5.74, 6) is 0.636. The third kappa shape index (κ3) is 5.01. The normalized spacial score (nSPS) is 15.3. The molecule has 0 spiro atoms. The van der Waals surface area contributed by atoms with Gasteiger partial charge in [0.2, 0.25) is 0 Å². The first-order chi connectivity index (χ1) is 13.1. The quantitative estimate of drug-likeness (QED) is 0.839. The lowest BCUT2D eigenvalue weighted by molar-refractivity contribution is -0.122. The second-order valence-corrected chi connectivity index (χ2v) is 6.92. The second-order valence-electron chi connectivity index (χ2n) is 6.92. The number of anilines is 2. The number of carbonyl (C=O) groups is 1. The Morgan fingerprint density at radius 2 is 1.85 bits per heavy atom. The van der Waals surface area contributed by atoms with Crippen LogP contribution >= 0.6 is 0 Å². The molecule has 1 unspecified atom stereocenters. The number of carbonyl (C=O) groups excluding carboxylic acids is 1. The van der Waals surface area contributed by atoms with E-state index in [2.05, 4.69) is 10.2 Å². The van der Waals surface area contributed by atoms with Gasteiger partial charge in [-0.15, -0.1) is 0 Å². The maximum atomic E-state index is 12.7. The topological polar surface area (TPSA) is 50.8 Å². The summed E-state index contributed by atoms with van der Waals surface area (Å²) in [7, 11) is 0. The minimum absolute atomic E-state index is 0.127. The molecule has 2 aromatic rings. The molecule has 27 heavy (non-hydrogen) atoms. The highest BCUT2D eigenvalue weighted by Gasteiger charge is 2.20. The standard InChI is InChI=1S/C22H28N2O3/c1-4-20(27-21-15-16(2)5-6-17(21)3)22(25)23-18-7-9-19(10-8-18)24-11-13-26-14-12-24/h5-10,15,20H,4,11-14H2,1-3H3,(H,23,25). The highest BCUT2D eigenvalue weighted by molar-refractivity contribution is 5.94. The van der Waals surface area contributed by atoms with E-state index in [0.29, 0.717) is 6.42 Å². The molecule has 1 aliphatic rings. The van der Waals surface area contributed by atoms with Gasteiger partial charge in [-0.1, -0.05) is 19.1 Å². The molecule has 1 heterocycles. The number of nitrogens with one attached hydrogen (secondary N) is 1. The molecule has 0 aliphatic carbocycles. The molecule has 1 aliphatic heterocycles. The van der Waals surface area contributed by atoms with Crippen LogP contribution in [-0.4, -0.2) is 38.3 Å². The van der Waals surface area contributed by atoms with E-state index in [1.165, 1.54) is 0 Å². The molecule has 0 aromatic heterocycles. The lowest BCUT2D eigenvalue weighted by atomic mass is 10.1. The number of aryl methyl sites for hydroxylation is 2. The van der Waals surface area contributed by atoms with Crippen LogP contribution in [0.2, 0.25) is 0 Å². The van der Waals surface area contributed by atoms with E-state index in [-0.39, 0.29) is 5.91 Å². The predicted octanol–water partition coefficient (Wildman–Crippen LogP) is 3.94. The maximum absolute atomic E-state index is 12.7. The molecule has 5 heteroatoms. The van der Waals surface area contributed by atoms with Gasteiger partial charge in [-0.05, 0) is 61.7 Å². The lowest BCUT2D eigenvalue weighted by Crippen LogP contribution is -2.36. The summed E-state index contributed by atoms with van der Waals surface area (Å²) in [6, 6.07) is 14.0. The molecule has 1 fully saturated rings. The molecular weight excluding hydrogens is 340 g/mol. The molecule has 0 bridgehead atoms. The number of nitrogens with zero attached hydrogens (tertiary/aromatic N) is 1. The zero-order chi connectivity index (χ0) is 19.2. The van der Waals surface area contributed by atoms with Crippen LogP contribution in [0.1, 0.15) is 24.5 Å². The van der Waals surface area contributed by atoms with Crippen molar-refractivity contribution in [2.75, 3.05) is 36.5 Å². The van der Waals surface area contributed by atoms with Crippen molar-refractivity contribution < 1.29 is 14.3 Å². The van der Waals surface area contributed by atoms with E-state index in [4.69, 9.17) is 9.47 Å². The number of rotatable bonds is 6. The molecule has 0 radical (unpaired) electrons. The maximum Gasteiger partial charge on any atom is 0.265 e. The summed E-state index contributed by atoms with van der Waals surface area (Å²) in [5, 5.41) is 2.97. The molecule has 0 saturated carbocycles. The highest BCUT2D eigenvalue weighted by atomic mass is 16.5. The largest absolute Gasteiger partial charge is 0.480 e. The summed E-state index contributed by atoms with van der Waals surface area (Å²) in [6.07, 6.45) is 0.0786. The summed E-state index contributed by atoms with van der Waals surface area (Å²) in [4.78, 5) is 15.0. The van der Waals surface area contributed by atoms with Crippen LogP contribution in [0.4, 0.5) is 11.4 Å². The number of morpholine rings is 1. The van der Waals surface area contributed by atoms with E-state index in [0.717, 1.165) is 54.6 Å². The van der Waals surface area contributed by atoms with Crippen LogP contribution in [0.5, 0.6) is 5.75 Å². The highest BCUT2D eigenvalue weighted by Crippen LogP contribution is 2.23. The average Bonchev–Trinajstić information content (AvgIpc) is 2.69. The fraction of sp³-hybridized carbons (Fsp3) is 0.409. The predicted molar refractivity (Wildman–Crippen MR) is 109 cm³/mol. The van der Waals surface area contributed by atoms with Gasteiger partial charge >= 0.3 is 0 Å². The summed E-state index contributed by atoms with van der Waals surface area (Å²) in [5.41, 5.74) is 4.07. The number of hydrogen-bond donors (Lipinski definition) is 1. The third-order valence-electron chi connectivity index (χ3n) is 4.79. The summed E-state index contributed by atoms with van der Waals surface area (Å²) >= 11 is 0. The lowest BCUT2D eigenvalue weighted by Gasteiger charge is -2.29. The molecular formula is C22H28N2O3. The van der Waals surface area contributed by atoms with Crippen molar-refractivity contribution in [2.45, 2.75) is 33.3 Å². The molecule has 144 valence electrons. The van der Waals surface area contributed by atoms with Crippen LogP contribution in [-0.2, 0) is 9.53 Å². The second kappa shape index (κ2) is 8.91. The van der Waals surface area contributed by atoms with E-state index >= 15 is 0 Å². The van der Waals surface area contributed by atoms with Crippen molar-refractivity contribution in [3.8, 4) is 5.75 Å². The van der Waals surface area contributed by atoms with Crippen LogP contribution in [0.25, 0.3) is 0 Å². The minimum Gasteiger partial charge on any atom is -0.480 e. The Hall–Kier alpha value is -2.53. The fourth-order valence-corrected chi connectivity index (χ4v) is 3.11. The van der Waals surface area contributed by atoms with Crippen LogP contribution < -0.4 is 15.0 Å². The molecule has 1 amide bonds. The zero-order valence-electron chi connectivity index (χ0n) is 16.3. The van der Waals surface area contributed by atoms with Crippen molar-refractivity contribution in [3.05, 3.63) is 53.6 Å². The number of benzene rings is 2. The van der Waals surface area contributed by atoms with Gasteiger partial charge in [0.25, 0.3) is 5.91 Å².